The van der Waals surface area contributed by atoms with Gasteiger partial charge >= 0.3 is 0 Å². The molecule has 76 valence electrons. The van der Waals surface area contributed by atoms with Crippen LogP contribution in [0.2, 0.25) is 0 Å². The molecule has 14 heavy (non-hydrogen) atoms. The SMILES string of the molecule is CCCCCC[N+]1=Cc2cpcn2C1. The van der Waals surface area contributed by atoms with Gasteiger partial charge in [0.2, 0.25) is 6.67 Å². The molecule has 0 N–H and O–H groups in total. The maximum atomic E-state index is 2.42. The quantitative estimate of drug-likeness (QED) is 0.520. The van der Waals surface area contributed by atoms with Crippen LogP contribution in [-0.2, 0) is 6.67 Å². The van der Waals surface area contributed by atoms with Crippen molar-refractivity contribution >= 4 is 14.4 Å². The fourth-order valence-electron chi connectivity index (χ4n) is 1.86. The fraction of sp³-hybridized carbons (Fsp3) is 0.636. The van der Waals surface area contributed by atoms with E-state index in [9.17, 15) is 0 Å². The Bertz CT molecular complexity index is 328. The molecule has 0 saturated carbocycles. The third-order valence-electron chi connectivity index (χ3n) is 2.69. The summed E-state index contributed by atoms with van der Waals surface area (Å²) in [5.74, 6) is 4.52. The highest BCUT2D eigenvalue weighted by Gasteiger charge is 2.16. The number of hydrogen-bond acceptors (Lipinski definition) is 0. The zero-order chi connectivity index (χ0) is 9.80. The Hall–Kier alpha value is -0.620. The molecule has 0 amide bonds. The largest absolute Gasteiger partial charge is 0.282 e. The second-order valence-electron chi connectivity index (χ2n) is 3.93. The van der Waals surface area contributed by atoms with E-state index < -0.39 is 0 Å². The average Bonchev–Trinajstić information content (AvgIpc) is 2.72. The zero-order valence-corrected chi connectivity index (χ0v) is 9.71. The molecule has 0 aromatic carbocycles. The van der Waals surface area contributed by atoms with Gasteiger partial charge in [0.15, 0.2) is 6.21 Å². The van der Waals surface area contributed by atoms with Gasteiger partial charge in [-0.05, 0) is 12.2 Å². The molecule has 0 radical (unpaired) electrons. The summed E-state index contributed by atoms with van der Waals surface area (Å²) in [5, 5.41) is 0. The minimum atomic E-state index is 1.07. The first kappa shape index (κ1) is 9.92. The molecule has 3 heteroatoms. The molecule has 0 spiro atoms. The molecule has 1 aliphatic heterocycles. The Morgan fingerprint density at radius 1 is 1.43 bits per heavy atom. The van der Waals surface area contributed by atoms with Crippen LogP contribution >= 0.6 is 8.19 Å². The van der Waals surface area contributed by atoms with Crippen LogP contribution in [0.15, 0.2) is 11.7 Å². The summed E-state index contributed by atoms with van der Waals surface area (Å²) in [5.41, 5.74) is 1.39. The van der Waals surface area contributed by atoms with Crippen molar-refractivity contribution in [2.45, 2.75) is 39.3 Å². The van der Waals surface area contributed by atoms with Gasteiger partial charge in [-0.2, -0.15) is 0 Å². The number of nitrogens with zero attached hydrogens (tertiary/aromatic N) is 2. The van der Waals surface area contributed by atoms with E-state index in [1.807, 2.05) is 0 Å². The molecule has 0 aliphatic carbocycles. The van der Waals surface area contributed by atoms with Crippen molar-refractivity contribution in [3.8, 4) is 0 Å². The number of hydrogen-bond donors (Lipinski definition) is 0. The zero-order valence-electron chi connectivity index (χ0n) is 8.82. The Kier molecular flexibility index (Phi) is 3.36. The van der Waals surface area contributed by atoms with Crippen molar-refractivity contribution in [3.63, 3.8) is 0 Å². The van der Waals surface area contributed by atoms with Gasteiger partial charge in [0, 0.05) is 12.3 Å². The van der Waals surface area contributed by atoms with Gasteiger partial charge in [-0.3, -0.25) is 4.57 Å². The second-order valence-corrected chi connectivity index (χ2v) is 4.72. The van der Waals surface area contributed by atoms with Gasteiger partial charge in [0.1, 0.15) is 12.2 Å². The van der Waals surface area contributed by atoms with Crippen molar-refractivity contribution in [1.29, 1.82) is 0 Å². The predicted molar refractivity (Wildman–Crippen MR) is 61.4 cm³/mol. The van der Waals surface area contributed by atoms with Crippen molar-refractivity contribution in [1.82, 2.24) is 4.57 Å². The lowest BCUT2D eigenvalue weighted by atomic mass is 10.2. The number of fused-ring (bicyclic) bond motifs is 1. The van der Waals surface area contributed by atoms with Gasteiger partial charge in [-0.15, -0.1) is 0 Å². The van der Waals surface area contributed by atoms with E-state index in [-0.39, 0.29) is 0 Å². The summed E-state index contributed by atoms with van der Waals surface area (Å²) in [6.45, 7) is 4.56. The molecule has 0 bridgehead atoms. The highest BCUT2D eigenvalue weighted by molar-refractivity contribution is 7.28. The van der Waals surface area contributed by atoms with Crippen molar-refractivity contribution < 1.29 is 4.58 Å². The van der Waals surface area contributed by atoms with E-state index in [0.717, 1.165) is 6.67 Å². The van der Waals surface area contributed by atoms with E-state index in [1.54, 1.807) is 0 Å². The minimum absolute atomic E-state index is 1.07. The number of unbranched alkanes of at least 4 members (excludes halogenated alkanes) is 3. The maximum absolute atomic E-state index is 2.42. The van der Waals surface area contributed by atoms with Crippen LogP contribution in [0.3, 0.4) is 0 Å². The molecule has 0 saturated heterocycles. The van der Waals surface area contributed by atoms with Crippen molar-refractivity contribution in [3.05, 3.63) is 17.4 Å². The van der Waals surface area contributed by atoms with Gasteiger partial charge in [0.25, 0.3) is 0 Å². The van der Waals surface area contributed by atoms with E-state index in [2.05, 4.69) is 34.0 Å². The molecule has 0 atom stereocenters. The normalized spacial score (nSPS) is 14.8. The Balaban J connectivity index is 1.77. The fourth-order valence-corrected chi connectivity index (χ4v) is 2.66. The van der Waals surface area contributed by atoms with E-state index in [0.29, 0.717) is 0 Å². The first-order valence-electron chi connectivity index (χ1n) is 5.49. The highest BCUT2D eigenvalue weighted by Crippen LogP contribution is 2.14. The maximum Gasteiger partial charge on any atom is 0.222 e. The van der Waals surface area contributed by atoms with Crippen LogP contribution in [0.5, 0.6) is 0 Å². The number of rotatable bonds is 5. The lowest BCUT2D eigenvalue weighted by molar-refractivity contribution is -0.548. The molecule has 1 aromatic heterocycles. The van der Waals surface area contributed by atoms with E-state index in [4.69, 9.17) is 0 Å². The predicted octanol–water partition coefficient (Wildman–Crippen LogP) is 3.05. The smallest absolute Gasteiger partial charge is 0.222 e. The van der Waals surface area contributed by atoms with Crippen molar-refractivity contribution in [2.24, 2.45) is 0 Å². The summed E-state index contributed by atoms with van der Waals surface area (Å²) >= 11 is 0. The van der Waals surface area contributed by atoms with Gasteiger partial charge in [-0.25, -0.2) is 4.58 Å². The van der Waals surface area contributed by atoms with Crippen LogP contribution < -0.4 is 0 Å². The van der Waals surface area contributed by atoms with Crippen molar-refractivity contribution in [2.75, 3.05) is 6.54 Å². The monoisotopic (exact) mass is 209 g/mol. The van der Waals surface area contributed by atoms with Gasteiger partial charge in [-0.1, -0.05) is 28.0 Å². The average molecular weight is 209 g/mol. The summed E-state index contributed by atoms with van der Waals surface area (Å²) in [6, 6.07) is 0. The Labute approximate surface area is 87.4 Å². The molecular formula is C11H18N2P+. The van der Waals surface area contributed by atoms with Gasteiger partial charge in [0.05, 0.1) is 0 Å². The third-order valence-corrected chi connectivity index (χ3v) is 3.52. The lowest BCUT2D eigenvalue weighted by Gasteiger charge is -1.98. The summed E-state index contributed by atoms with van der Waals surface area (Å²) in [7, 11) is 1.34. The van der Waals surface area contributed by atoms with Crippen LogP contribution in [0, 0.1) is 0 Å². The standard InChI is InChI=1S/C11H18N2P/c1-2-3-4-5-6-12-7-11-8-14-10-13(11)9-12/h7-8,10H,2-6,9H2,1H3/q+1. The lowest BCUT2D eigenvalue weighted by Crippen LogP contribution is -2.11. The molecule has 1 aliphatic rings. The number of aromatic nitrogens is 1. The second kappa shape index (κ2) is 4.75. The summed E-state index contributed by atoms with van der Waals surface area (Å²) < 4.78 is 4.76. The Morgan fingerprint density at radius 3 is 3.14 bits per heavy atom. The minimum Gasteiger partial charge on any atom is -0.282 e. The molecule has 2 nitrogen and oxygen atoms in total. The van der Waals surface area contributed by atoms with Gasteiger partial charge < -0.3 is 0 Å². The molecular weight excluding hydrogens is 191 g/mol. The summed E-state index contributed by atoms with van der Waals surface area (Å²) in [6.07, 6.45) is 7.71. The van der Waals surface area contributed by atoms with Crippen LogP contribution in [0.25, 0.3) is 0 Å². The molecule has 2 heterocycles. The van der Waals surface area contributed by atoms with Crippen LogP contribution in [0.4, 0.5) is 0 Å². The van der Waals surface area contributed by atoms with Crippen LogP contribution in [-0.4, -0.2) is 21.9 Å². The van der Waals surface area contributed by atoms with E-state index >= 15 is 0 Å². The third kappa shape index (κ3) is 2.24. The van der Waals surface area contributed by atoms with E-state index in [1.165, 1.54) is 46.1 Å². The molecule has 2 rings (SSSR count). The molecule has 0 unspecified atom stereocenters. The molecule has 0 fully saturated rings. The first-order chi connectivity index (χ1) is 6.90. The topological polar surface area (TPSA) is 7.94 Å². The first-order valence-corrected chi connectivity index (χ1v) is 6.52. The summed E-state index contributed by atoms with van der Waals surface area (Å²) in [4.78, 5) is 0. The van der Waals surface area contributed by atoms with Crippen LogP contribution in [0.1, 0.15) is 38.3 Å². The highest BCUT2D eigenvalue weighted by atomic mass is 31.0. The Morgan fingerprint density at radius 2 is 2.36 bits per heavy atom. The molecule has 1 aromatic rings.